The lowest BCUT2D eigenvalue weighted by Crippen LogP contribution is -2.41. The van der Waals surface area contributed by atoms with E-state index in [0.29, 0.717) is 17.5 Å². The average Bonchev–Trinajstić information content (AvgIpc) is 2.37. The minimum atomic E-state index is -1.05. The standard InChI is InChI=1S/C14H16N2O3/c1-9(2)7-12(14(18)19)16-13(17)11-5-3-10(8-15)4-6-11/h3-6,9,12H,7H2,1-2H3,(H,16,17)(H,18,19)/t12-/m1/s1. The number of aliphatic carboxylic acids is 1. The van der Waals surface area contributed by atoms with E-state index in [-0.39, 0.29) is 5.92 Å². The third kappa shape index (κ3) is 4.43. The summed E-state index contributed by atoms with van der Waals surface area (Å²) in [6.45, 7) is 3.79. The van der Waals surface area contributed by atoms with E-state index in [0.717, 1.165) is 0 Å². The second-order valence-corrected chi connectivity index (χ2v) is 4.68. The first-order valence-corrected chi connectivity index (χ1v) is 5.98. The van der Waals surface area contributed by atoms with Crippen molar-refractivity contribution in [3.05, 3.63) is 35.4 Å². The summed E-state index contributed by atoms with van der Waals surface area (Å²) in [6.07, 6.45) is 0.372. The molecule has 1 atom stereocenters. The zero-order valence-electron chi connectivity index (χ0n) is 10.9. The number of carbonyl (C=O) groups excluding carboxylic acids is 1. The van der Waals surface area contributed by atoms with E-state index in [1.165, 1.54) is 24.3 Å². The molecule has 0 fully saturated rings. The van der Waals surface area contributed by atoms with Crippen LogP contribution in [0.3, 0.4) is 0 Å². The maximum Gasteiger partial charge on any atom is 0.326 e. The topological polar surface area (TPSA) is 90.2 Å². The van der Waals surface area contributed by atoms with Crippen LogP contribution >= 0.6 is 0 Å². The second kappa shape index (κ2) is 6.55. The summed E-state index contributed by atoms with van der Waals surface area (Å²) in [5, 5.41) is 20.2. The van der Waals surface area contributed by atoms with Gasteiger partial charge in [-0.1, -0.05) is 13.8 Å². The molecule has 1 amide bonds. The lowest BCUT2D eigenvalue weighted by atomic mass is 10.0. The number of amides is 1. The Balaban J connectivity index is 2.76. The monoisotopic (exact) mass is 260 g/mol. The normalized spacial score (nSPS) is 11.7. The lowest BCUT2D eigenvalue weighted by molar-refractivity contribution is -0.139. The van der Waals surface area contributed by atoms with E-state index in [9.17, 15) is 9.59 Å². The Morgan fingerprint density at radius 2 is 1.89 bits per heavy atom. The molecule has 1 aromatic rings. The van der Waals surface area contributed by atoms with Crippen molar-refractivity contribution in [2.75, 3.05) is 0 Å². The van der Waals surface area contributed by atoms with Gasteiger partial charge in [0, 0.05) is 5.56 Å². The summed E-state index contributed by atoms with van der Waals surface area (Å²) >= 11 is 0. The fourth-order valence-electron chi connectivity index (χ4n) is 1.63. The van der Waals surface area contributed by atoms with Gasteiger partial charge in [-0.25, -0.2) is 4.79 Å². The van der Waals surface area contributed by atoms with Gasteiger partial charge in [0.1, 0.15) is 6.04 Å². The molecule has 0 aliphatic rings. The van der Waals surface area contributed by atoms with Crippen LogP contribution in [0.2, 0.25) is 0 Å². The van der Waals surface area contributed by atoms with E-state index in [4.69, 9.17) is 10.4 Å². The highest BCUT2D eigenvalue weighted by Gasteiger charge is 2.21. The van der Waals surface area contributed by atoms with E-state index in [1.54, 1.807) is 0 Å². The number of rotatable bonds is 5. The van der Waals surface area contributed by atoms with Crippen molar-refractivity contribution >= 4 is 11.9 Å². The zero-order chi connectivity index (χ0) is 14.4. The quantitative estimate of drug-likeness (QED) is 0.844. The third-order valence-electron chi connectivity index (χ3n) is 2.59. The Labute approximate surface area is 111 Å². The SMILES string of the molecule is CC(C)C[C@@H](NC(=O)c1ccc(C#N)cc1)C(=O)O. The molecule has 0 aromatic heterocycles. The fourth-order valence-corrected chi connectivity index (χ4v) is 1.63. The third-order valence-corrected chi connectivity index (χ3v) is 2.59. The van der Waals surface area contributed by atoms with Gasteiger partial charge in [-0.3, -0.25) is 4.79 Å². The summed E-state index contributed by atoms with van der Waals surface area (Å²) in [5.41, 5.74) is 0.794. The molecule has 100 valence electrons. The lowest BCUT2D eigenvalue weighted by Gasteiger charge is -2.16. The van der Waals surface area contributed by atoms with Gasteiger partial charge in [-0.05, 0) is 36.6 Å². The second-order valence-electron chi connectivity index (χ2n) is 4.68. The highest BCUT2D eigenvalue weighted by molar-refractivity contribution is 5.96. The molecular weight excluding hydrogens is 244 g/mol. The summed E-state index contributed by atoms with van der Waals surface area (Å²) in [7, 11) is 0. The molecule has 19 heavy (non-hydrogen) atoms. The molecule has 5 nitrogen and oxygen atoms in total. The van der Waals surface area contributed by atoms with Gasteiger partial charge in [0.2, 0.25) is 0 Å². The van der Waals surface area contributed by atoms with Crippen LogP contribution in [0.25, 0.3) is 0 Å². The number of nitrogens with zero attached hydrogens (tertiary/aromatic N) is 1. The average molecular weight is 260 g/mol. The molecule has 5 heteroatoms. The van der Waals surface area contributed by atoms with Crippen LogP contribution in [0.15, 0.2) is 24.3 Å². The molecule has 0 saturated carbocycles. The molecule has 0 aliphatic carbocycles. The van der Waals surface area contributed by atoms with Crippen molar-refractivity contribution in [1.82, 2.24) is 5.32 Å². The molecule has 0 bridgehead atoms. The van der Waals surface area contributed by atoms with Gasteiger partial charge in [-0.15, -0.1) is 0 Å². The predicted molar refractivity (Wildman–Crippen MR) is 69.5 cm³/mol. The first-order valence-electron chi connectivity index (χ1n) is 5.98. The van der Waals surface area contributed by atoms with Gasteiger partial charge in [0.05, 0.1) is 11.6 Å². The van der Waals surface area contributed by atoms with Crippen molar-refractivity contribution in [3.8, 4) is 6.07 Å². The number of nitriles is 1. The van der Waals surface area contributed by atoms with Crippen LogP contribution in [0.4, 0.5) is 0 Å². The molecule has 2 N–H and O–H groups in total. The number of hydrogen-bond acceptors (Lipinski definition) is 3. The van der Waals surface area contributed by atoms with Crippen molar-refractivity contribution in [1.29, 1.82) is 5.26 Å². The Kier molecular flexibility index (Phi) is 5.07. The number of nitrogens with one attached hydrogen (secondary N) is 1. The Hall–Kier alpha value is -2.35. The maximum atomic E-state index is 11.9. The van der Waals surface area contributed by atoms with Crippen LogP contribution < -0.4 is 5.32 Å². The number of benzene rings is 1. The molecule has 0 heterocycles. The van der Waals surface area contributed by atoms with Crippen molar-refractivity contribution < 1.29 is 14.7 Å². The zero-order valence-corrected chi connectivity index (χ0v) is 10.9. The predicted octanol–water partition coefficient (Wildman–Crippen LogP) is 1.79. The highest BCUT2D eigenvalue weighted by Crippen LogP contribution is 2.08. The van der Waals surface area contributed by atoms with Crippen LogP contribution in [0.5, 0.6) is 0 Å². The van der Waals surface area contributed by atoms with Crippen molar-refractivity contribution in [2.45, 2.75) is 26.3 Å². The summed E-state index contributed by atoms with van der Waals surface area (Å²) in [6, 6.07) is 7.10. The van der Waals surface area contributed by atoms with E-state index < -0.39 is 17.9 Å². The first kappa shape index (κ1) is 14.7. The van der Waals surface area contributed by atoms with Gasteiger partial charge in [-0.2, -0.15) is 5.26 Å². The molecule has 1 aromatic carbocycles. The van der Waals surface area contributed by atoms with Gasteiger partial charge >= 0.3 is 5.97 Å². The van der Waals surface area contributed by atoms with Crippen LogP contribution in [-0.4, -0.2) is 23.0 Å². The van der Waals surface area contributed by atoms with Gasteiger partial charge in [0.15, 0.2) is 0 Å². The molecule has 0 aliphatic heterocycles. The number of carboxylic acids is 1. The molecule has 0 unspecified atom stereocenters. The van der Waals surface area contributed by atoms with Crippen LogP contribution in [0.1, 0.15) is 36.2 Å². The first-order chi connectivity index (χ1) is 8.93. The highest BCUT2D eigenvalue weighted by atomic mass is 16.4. The van der Waals surface area contributed by atoms with Crippen molar-refractivity contribution in [2.24, 2.45) is 5.92 Å². The molecule has 1 rings (SSSR count). The summed E-state index contributed by atoms with van der Waals surface area (Å²) in [4.78, 5) is 22.9. The van der Waals surface area contributed by atoms with Crippen LogP contribution in [0, 0.1) is 17.2 Å². The number of hydrogen-bond donors (Lipinski definition) is 2. The van der Waals surface area contributed by atoms with Gasteiger partial charge < -0.3 is 10.4 Å². The molecule has 0 saturated heterocycles. The van der Waals surface area contributed by atoms with E-state index in [2.05, 4.69) is 5.32 Å². The number of carbonyl (C=O) groups is 2. The summed E-state index contributed by atoms with van der Waals surface area (Å²) in [5.74, 6) is -1.32. The fraction of sp³-hybridized carbons (Fsp3) is 0.357. The Bertz CT molecular complexity index is 500. The molecule has 0 radical (unpaired) electrons. The van der Waals surface area contributed by atoms with Crippen LogP contribution in [-0.2, 0) is 4.79 Å². The molecule has 0 spiro atoms. The smallest absolute Gasteiger partial charge is 0.326 e. The minimum Gasteiger partial charge on any atom is -0.480 e. The Morgan fingerprint density at radius 3 is 2.32 bits per heavy atom. The van der Waals surface area contributed by atoms with E-state index in [1.807, 2.05) is 19.9 Å². The van der Waals surface area contributed by atoms with E-state index >= 15 is 0 Å². The molecular formula is C14H16N2O3. The number of carboxylic acid groups (broad SMARTS) is 1. The Morgan fingerprint density at radius 1 is 1.32 bits per heavy atom. The van der Waals surface area contributed by atoms with Crippen molar-refractivity contribution in [3.63, 3.8) is 0 Å². The summed E-state index contributed by atoms with van der Waals surface area (Å²) < 4.78 is 0. The largest absolute Gasteiger partial charge is 0.480 e. The minimum absolute atomic E-state index is 0.169. The maximum absolute atomic E-state index is 11.9. The van der Waals surface area contributed by atoms with Gasteiger partial charge in [0.25, 0.3) is 5.91 Å².